The predicted octanol–water partition coefficient (Wildman–Crippen LogP) is 2.23. The van der Waals surface area contributed by atoms with Gasteiger partial charge < -0.3 is 0 Å². The molecule has 3 nitrogen and oxygen atoms in total. The van der Waals surface area contributed by atoms with Crippen LogP contribution in [0.4, 0.5) is 0 Å². The topological polar surface area (TPSA) is 37.4 Å². The molecule has 5 heteroatoms. The van der Waals surface area contributed by atoms with Crippen molar-refractivity contribution in [3.05, 3.63) is 35.9 Å². The van der Waals surface area contributed by atoms with E-state index in [0.717, 1.165) is 5.56 Å². The summed E-state index contributed by atoms with van der Waals surface area (Å²) < 4.78 is 25.1. The Hall–Kier alpha value is -0.390. The molecular formula is C11H16BrNO2S. The fourth-order valence-corrected chi connectivity index (χ4v) is 3.12. The summed E-state index contributed by atoms with van der Waals surface area (Å²) in [5.41, 5.74) is 1.01. The molecule has 0 saturated heterocycles. The van der Waals surface area contributed by atoms with E-state index < -0.39 is 10.0 Å². The largest absolute Gasteiger partial charge is 0.214 e. The third kappa shape index (κ3) is 3.88. The summed E-state index contributed by atoms with van der Waals surface area (Å²) in [6.45, 7) is 2.62. The van der Waals surface area contributed by atoms with Crippen molar-refractivity contribution in [2.24, 2.45) is 0 Å². The van der Waals surface area contributed by atoms with Crippen LogP contribution in [0.5, 0.6) is 0 Å². The van der Waals surface area contributed by atoms with Crippen molar-refractivity contribution in [3.63, 3.8) is 0 Å². The van der Waals surface area contributed by atoms with Crippen LogP contribution in [0.2, 0.25) is 0 Å². The number of benzene rings is 1. The average Bonchev–Trinajstić information content (AvgIpc) is 2.30. The van der Waals surface area contributed by atoms with E-state index in [2.05, 4.69) is 15.9 Å². The van der Waals surface area contributed by atoms with E-state index in [4.69, 9.17) is 0 Å². The lowest BCUT2D eigenvalue weighted by atomic mass is 10.2. The summed E-state index contributed by atoms with van der Waals surface area (Å²) in [5, 5.41) is 0.652. The lowest BCUT2D eigenvalue weighted by Crippen LogP contribution is -2.33. The highest BCUT2D eigenvalue weighted by Crippen LogP contribution is 2.10. The van der Waals surface area contributed by atoms with Crippen LogP contribution in [-0.2, 0) is 16.6 Å². The molecule has 0 heterocycles. The Balaban J connectivity index is 2.81. The Morgan fingerprint density at radius 3 is 2.38 bits per heavy atom. The molecule has 0 aliphatic heterocycles. The average molecular weight is 306 g/mol. The molecule has 0 aliphatic carbocycles. The van der Waals surface area contributed by atoms with Crippen molar-refractivity contribution in [2.75, 3.05) is 17.6 Å². The number of rotatable bonds is 6. The molecule has 0 atom stereocenters. The molecule has 90 valence electrons. The monoisotopic (exact) mass is 305 g/mol. The maximum Gasteiger partial charge on any atom is 0.214 e. The minimum atomic E-state index is -3.12. The second-order valence-corrected chi connectivity index (χ2v) is 6.46. The molecule has 16 heavy (non-hydrogen) atoms. The van der Waals surface area contributed by atoms with Crippen LogP contribution in [0, 0.1) is 0 Å². The minimum absolute atomic E-state index is 0.146. The molecule has 0 spiro atoms. The Labute approximate surface area is 106 Å². The summed E-state index contributed by atoms with van der Waals surface area (Å²) in [6, 6.07) is 9.63. The molecule has 0 bridgehead atoms. The van der Waals surface area contributed by atoms with Gasteiger partial charge in [0.25, 0.3) is 0 Å². The fraction of sp³-hybridized carbons (Fsp3) is 0.455. The van der Waals surface area contributed by atoms with Crippen LogP contribution in [0.1, 0.15) is 12.5 Å². The van der Waals surface area contributed by atoms with Crippen molar-refractivity contribution < 1.29 is 8.42 Å². The Morgan fingerprint density at radius 1 is 1.25 bits per heavy atom. The maximum absolute atomic E-state index is 11.8. The molecule has 0 fully saturated rings. The number of hydrogen-bond donors (Lipinski definition) is 0. The van der Waals surface area contributed by atoms with E-state index in [1.807, 2.05) is 30.3 Å². The maximum atomic E-state index is 11.8. The van der Waals surface area contributed by atoms with Gasteiger partial charge in [-0.25, -0.2) is 8.42 Å². The molecular weight excluding hydrogens is 290 g/mol. The van der Waals surface area contributed by atoms with Gasteiger partial charge >= 0.3 is 0 Å². The van der Waals surface area contributed by atoms with E-state index in [-0.39, 0.29) is 5.75 Å². The Kier molecular flexibility index (Phi) is 5.44. The number of sulfonamides is 1. The number of alkyl halides is 1. The number of halogens is 1. The predicted molar refractivity (Wildman–Crippen MR) is 70.1 cm³/mol. The van der Waals surface area contributed by atoms with Gasteiger partial charge in [-0.1, -0.05) is 46.3 Å². The fourth-order valence-electron chi connectivity index (χ4n) is 1.38. The normalized spacial score (nSPS) is 11.9. The first-order valence-electron chi connectivity index (χ1n) is 5.18. The highest BCUT2D eigenvalue weighted by molar-refractivity contribution is 9.09. The van der Waals surface area contributed by atoms with Crippen molar-refractivity contribution >= 4 is 26.0 Å². The van der Waals surface area contributed by atoms with Gasteiger partial charge in [-0.15, -0.1) is 0 Å². The van der Waals surface area contributed by atoms with Gasteiger partial charge in [0.1, 0.15) is 0 Å². The van der Waals surface area contributed by atoms with Crippen LogP contribution < -0.4 is 0 Å². The van der Waals surface area contributed by atoms with Crippen LogP contribution in [0.25, 0.3) is 0 Å². The SMILES string of the molecule is CCS(=O)(=O)N(CCBr)Cc1ccccc1. The van der Waals surface area contributed by atoms with Crippen LogP contribution in [0.15, 0.2) is 30.3 Å². The summed E-state index contributed by atoms with van der Waals surface area (Å²) in [5.74, 6) is 0.146. The van der Waals surface area contributed by atoms with E-state index in [9.17, 15) is 8.42 Å². The lowest BCUT2D eigenvalue weighted by Gasteiger charge is -2.20. The third-order valence-electron chi connectivity index (χ3n) is 2.29. The van der Waals surface area contributed by atoms with Gasteiger partial charge in [0, 0.05) is 18.4 Å². The zero-order valence-electron chi connectivity index (χ0n) is 9.27. The molecule has 0 saturated carbocycles. The number of hydrogen-bond acceptors (Lipinski definition) is 2. The van der Waals surface area contributed by atoms with Crippen molar-refractivity contribution in [2.45, 2.75) is 13.5 Å². The summed E-state index contributed by atoms with van der Waals surface area (Å²) in [7, 11) is -3.12. The molecule has 0 aromatic heterocycles. The molecule has 0 radical (unpaired) electrons. The van der Waals surface area contributed by atoms with Crippen LogP contribution in [-0.4, -0.2) is 30.4 Å². The molecule has 0 N–H and O–H groups in total. The molecule has 0 aliphatic rings. The molecule has 0 unspecified atom stereocenters. The van der Waals surface area contributed by atoms with E-state index in [0.29, 0.717) is 18.4 Å². The molecule has 1 aromatic carbocycles. The van der Waals surface area contributed by atoms with Crippen molar-refractivity contribution in [1.29, 1.82) is 0 Å². The van der Waals surface area contributed by atoms with Gasteiger partial charge in [-0.05, 0) is 12.5 Å². The second-order valence-electron chi connectivity index (χ2n) is 3.41. The lowest BCUT2D eigenvalue weighted by molar-refractivity contribution is 0.427. The van der Waals surface area contributed by atoms with Crippen LogP contribution >= 0.6 is 15.9 Å². The van der Waals surface area contributed by atoms with Gasteiger partial charge in [0.05, 0.1) is 5.75 Å². The Bertz CT molecular complexity index is 405. The van der Waals surface area contributed by atoms with Crippen molar-refractivity contribution in [3.8, 4) is 0 Å². The summed E-state index contributed by atoms with van der Waals surface area (Å²) in [6.07, 6.45) is 0. The zero-order valence-corrected chi connectivity index (χ0v) is 11.7. The van der Waals surface area contributed by atoms with Gasteiger partial charge in [0.2, 0.25) is 10.0 Å². The second kappa shape index (κ2) is 6.37. The van der Waals surface area contributed by atoms with E-state index in [1.165, 1.54) is 4.31 Å². The minimum Gasteiger partial charge on any atom is -0.212 e. The highest BCUT2D eigenvalue weighted by atomic mass is 79.9. The molecule has 1 rings (SSSR count). The van der Waals surface area contributed by atoms with Gasteiger partial charge in [0.15, 0.2) is 0 Å². The zero-order chi connectivity index (χ0) is 12.0. The Morgan fingerprint density at radius 2 is 1.88 bits per heavy atom. The third-order valence-corrected chi connectivity index (χ3v) is 4.48. The smallest absolute Gasteiger partial charge is 0.212 e. The molecule has 1 aromatic rings. The van der Waals surface area contributed by atoms with Gasteiger partial charge in [-0.3, -0.25) is 0 Å². The quantitative estimate of drug-likeness (QED) is 0.756. The summed E-state index contributed by atoms with van der Waals surface area (Å²) in [4.78, 5) is 0. The van der Waals surface area contributed by atoms with Crippen molar-refractivity contribution in [1.82, 2.24) is 4.31 Å². The van der Waals surface area contributed by atoms with E-state index in [1.54, 1.807) is 6.92 Å². The first kappa shape index (κ1) is 13.7. The van der Waals surface area contributed by atoms with Gasteiger partial charge in [-0.2, -0.15) is 4.31 Å². The van der Waals surface area contributed by atoms with E-state index >= 15 is 0 Å². The summed E-state index contributed by atoms with van der Waals surface area (Å²) >= 11 is 3.28. The molecule has 0 amide bonds. The first-order valence-corrected chi connectivity index (χ1v) is 7.91. The highest BCUT2D eigenvalue weighted by Gasteiger charge is 2.19. The number of nitrogens with zero attached hydrogens (tertiary/aromatic N) is 1. The standard InChI is InChI=1S/C11H16BrNO2S/c1-2-16(14,15)13(9-8-12)10-11-6-4-3-5-7-11/h3-7H,2,8-10H2,1H3. The first-order chi connectivity index (χ1) is 7.60. The van der Waals surface area contributed by atoms with Crippen LogP contribution in [0.3, 0.4) is 0 Å².